The van der Waals surface area contributed by atoms with Crippen LogP contribution in [0.25, 0.3) is 6.08 Å². The summed E-state index contributed by atoms with van der Waals surface area (Å²) in [6, 6.07) is 25.6. The minimum atomic E-state index is -0.547. The lowest BCUT2D eigenvalue weighted by Gasteiger charge is -2.14. The van der Waals surface area contributed by atoms with Crippen molar-refractivity contribution < 1.29 is 23.9 Å². The van der Waals surface area contributed by atoms with E-state index in [2.05, 4.69) is 16.0 Å². The van der Waals surface area contributed by atoms with Crippen molar-refractivity contribution in [2.75, 3.05) is 30.6 Å². The molecule has 43 heavy (non-hydrogen) atoms. The second-order valence-electron chi connectivity index (χ2n) is 8.93. The zero-order valence-corrected chi connectivity index (χ0v) is 25.5. The number of hydrogen-bond donors (Lipinski definition) is 3. The summed E-state index contributed by atoms with van der Waals surface area (Å²) in [4.78, 5) is 39.6. The fourth-order valence-corrected chi connectivity index (χ4v) is 5.15. The molecule has 0 saturated carbocycles. The Morgan fingerprint density at radius 2 is 1.49 bits per heavy atom. The van der Waals surface area contributed by atoms with Gasteiger partial charge in [0, 0.05) is 37.4 Å². The number of carbonyl (C=O) groups is 3. The van der Waals surface area contributed by atoms with Crippen LogP contribution < -0.4 is 25.4 Å². The molecule has 0 aromatic heterocycles. The van der Waals surface area contributed by atoms with E-state index in [1.807, 2.05) is 0 Å². The van der Waals surface area contributed by atoms with Crippen LogP contribution in [0.5, 0.6) is 11.5 Å². The number of thioether (sulfide) groups is 1. The van der Waals surface area contributed by atoms with E-state index in [1.54, 1.807) is 91.0 Å². The average Bonchev–Trinajstić information content (AvgIpc) is 3.00. The Kier molecular flexibility index (Phi) is 11.1. The molecule has 0 aliphatic carbocycles. The molecule has 8 nitrogen and oxygen atoms in total. The molecule has 0 aliphatic rings. The minimum absolute atomic E-state index is 0.00310. The molecule has 4 aromatic rings. The molecule has 0 bridgehead atoms. The maximum atomic E-state index is 13.4. The van der Waals surface area contributed by atoms with E-state index < -0.39 is 11.8 Å². The number of benzene rings is 4. The highest BCUT2D eigenvalue weighted by atomic mass is 35.5. The standard InChI is InChI=1S/C32H27Cl2N3O5S/c1-41-28-10-6-9-21(30(28)42-2)15-27(37-31(39)20-7-4-3-5-8-20)32(40)36-24-11-13-26(14-12-24)43-19-29(38)35-25-17-22(33)16-23(34)18-25/h3-18H,19H2,1-2H3,(H,35,38)(H,36,40)(H,37,39)/b27-15-. The van der Waals surface area contributed by atoms with Crippen LogP contribution in [0, 0.1) is 0 Å². The van der Waals surface area contributed by atoms with Gasteiger partial charge in [-0.15, -0.1) is 11.8 Å². The van der Waals surface area contributed by atoms with Crippen LogP contribution >= 0.6 is 35.0 Å². The van der Waals surface area contributed by atoms with Gasteiger partial charge in [-0.1, -0.05) is 53.5 Å². The fraction of sp³-hybridized carbons (Fsp3) is 0.0938. The Morgan fingerprint density at radius 1 is 0.791 bits per heavy atom. The Morgan fingerprint density at radius 3 is 2.14 bits per heavy atom. The fourth-order valence-electron chi connectivity index (χ4n) is 3.93. The number of nitrogens with one attached hydrogen (secondary N) is 3. The maximum Gasteiger partial charge on any atom is 0.272 e. The smallest absolute Gasteiger partial charge is 0.272 e. The number of hydrogen-bond acceptors (Lipinski definition) is 6. The van der Waals surface area contributed by atoms with Gasteiger partial charge in [0.15, 0.2) is 11.5 Å². The molecule has 0 atom stereocenters. The van der Waals surface area contributed by atoms with Crippen molar-refractivity contribution in [1.29, 1.82) is 0 Å². The van der Waals surface area contributed by atoms with E-state index in [9.17, 15) is 14.4 Å². The molecular weight excluding hydrogens is 609 g/mol. The SMILES string of the molecule is COc1cccc(/C=C(\NC(=O)c2ccccc2)C(=O)Nc2ccc(SCC(=O)Nc3cc(Cl)cc(Cl)c3)cc2)c1OC. The third kappa shape index (κ3) is 9.02. The number of ether oxygens (including phenoxy) is 2. The first kappa shape index (κ1) is 31.5. The van der Waals surface area contributed by atoms with Crippen LogP contribution in [0.4, 0.5) is 11.4 Å². The molecule has 3 N–H and O–H groups in total. The summed E-state index contributed by atoms with van der Waals surface area (Å²) in [5, 5.41) is 9.14. The van der Waals surface area contributed by atoms with Gasteiger partial charge in [-0.3, -0.25) is 14.4 Å². The molecule has 0 heterocycles. The van der Waals surface area contributed by atoms with Crippen molar-refractivity contribution in [3.63, 3.8) is 0 Å². The molecule has 0 radical (unpaired) electrons. The summed E-state index contributed by atoms with van der Waals surface area (Å²) in [6.45, 7) is 0. The third-order valence-electron chi connectivity index (χ3n) is 5.89. The van der Waals surface area contributed by atoms with Gasteiger partial charge in [0.25, 0.3) is 11.8 Å². The first-order valence-corrected chi connectivity index (χ1v) is 14.6. The highest BCUT2D eigenvalue weighted by Crippen LogP contribution is 2.32. The Labute approximate surface area is 263 Å². The molecule has 0 spiro atoms. The lowest BCUT2D eigenvalue weighted by Crippen LogP contribution is -2.30. The second-order valence-corrected chi connectivity index (χ2v) is 10.9. The Balaban J connectivity index is 1.46. The van der Waals surface area contributed by atoms with E-state index in [1.165, 1.54) is 32.1 Å². The van der Waals surface area contributed by atoms with Gasteiger partial charge in [-0.05, 0) is 66.7 Å². The molecule has 0 aliphatic heterocycles. The highest BCUT2D eigenvalue weighted by molar-refractivity contribution is 8.00. The molecule has 4 aromatic carbocycles. The average molecular weight is 637 g/mol. The van der Waals surface area contributed by atoms with Crippen molar-refractivity contribution in [3.05, 3.63) is 118 Å². The van der Waals surface area contributed by atoms with Gasteiger partial charge >= 0.3 is 0 Å². The molecular formula is C32H27Cl2N3O5S. The van der Waals surface area contributed by atoms with E-state index in [4.69, 9.17) is 32.7 Å². The van der Waals surface area contributed by atoms with Gasteiger partial charge in [-0.25, -0.2) is 0 Å². The van der Waals surface area contributed by atoms with Crippen molar-refractivity contribution in [2.24, 2.45) is 0 Å². The first-order chi connectivity index (χ1) is 20.7. The Hall–Kier alpha value is -4.44. The van der Waals surface area contributed by atoms with Crippen LogP contribution in [0.15, 0.2) is 102 Å². The van der Waals surface area contributed by atoms with Gasteiger partial charge in [0.2, 0.25) is 5.91 Å². The topological polar surface area (TPSA) is 106 Å². The number of rotatable bonds is 11. The van der Waals surface area contributed by atoms with E-state index in [0.29, 0.717) is 44.0 Å². The van der Waals surface area contributed by atoms with Crippen LogP contribution in [0.1, 0.15) is 15.9 Å². The lowest BCUT2D eigenvalue weighted by atomic mass is 10.1. The summed E-state index contributed by atoms with van der Waals surface area (Å²) >= 11 is 13.3. The molecule has 0 fully saturated rings. The summed E-state index contributed by atoms with van der Waals surface area (Å²) in [6.07, 6.45) is 1.52. The number of carbonyl (C=O) groups excluding carboxylic acids is 3. The number of para-hydroxylation sites is 1. The minimum Gasteiger partial charge on any atom is -0.493 e. The number of anilines is 2. The maximum absolute atomic E-state index is 13.4. The van der Waals surface area contributed by atoms with Gasteiger partial charge in [0.05, 0.1) is 20.0 Å². The van der Waals surface area contributed by atoms with Crippen molar-refractivity contribution in [1.82, 2.24) is 5.32 Å². The summed E-state index contributed by atoms with van der Waals surface area (Å²) in [7, 11) is 3.01. The van der Waals surface area contributed by atoms with E-state index in [0.717, 1.165) is 4.90 Å². The molecule has 3 amide bonds. The van der Waals surface area contributed by atoms with E-state index >= 15 is 0 Å². The number of methoxy groups -OCH3 is 2. The largest absolute Gasteiger partial charge is 0.493 e. The predicted octanol–water partition coefficient (Wildman–Crippen LogP) is 7.15. The zero-order chi connectivity index (χ0) is 30.8. The normalized spacial score (nSPS) is 10.9. The molecule has 4 rings (SSSR count). The third-order valence-corrected chi connectivity index (χ3v) is 7.34. The van der Waals surface area contributed by atoms with Crippen LogP contribution in [-0.4, -0.2) is 37.7 Å². The summed E-state index contributed by atoms with van der Waals surface area (Å²) in [5.74, 6) is -0.186. The van der Waals surface area contributed by atoms with Crippen molar-refractivity contribution in [3.8, 4) is 11.5 Å². The zero-order valence-electron chi connectivity index (χ0n) is 23.2. The Bertz CT molecular complexity index is 1630. The van der Waals surface area contributed by atoms with Gasteiger partial charge in [-0.2, -0.15) is 0 Å². The predicted molar refractivity (Wildman–Crippen MR) is 172 cm³/mol. The van der Waals surface area contributed by atoms with Gasteiger partial charge in [0.1, 0.15) is 5.70 Å². The number of halogens is 2. The molecule has 0 saturated heterocycles. The molecule has 220 valence electrons. The highest BCUT2D eigenvalue weighted by Gasteiger charge is 2.17. The monoisotopic (exact) mass is 635 g/mol. The molecule has 0 unspecified atom stereocenters. The lowest BCUT2D eigenvalue weighted by molar-refractivity contribution is -0.114. The summed E-state index contributed by atoms with van der Waals surface area (Å²) < 4.78 is 10.9. The quantitative estimate of drug-likeness (QED) is 0.119. The first-order valence-electron chi connectivity index (χ1n) is 12.8. The molecule has 11 heteroatoms. The van der Waals surface area contributed by atoms with Crippen LogP contribution in [0.2, 0.25) is 10.0 Å². The van der Waals surface area contributed by atoms with Crippen molar-refractivity contribution in [2.45, 2.75) is 4.90 Å². The van der Waals surface area contributed by atoms with Crippen molar-refractivity contribution >= 4 is 70.1 Å². The van der Waals surface area contributed by atoms with Gasteiger partial charge < -0.3 is 25.4 Å². The van der Waals surface area contributed by atoms with E-state index in [-0.39, 0.29) is 17.4 Å². The second kappa shape index (κ2) is 15.2. The van der Waals surface area contributed by atoms with Crippen LogP contribution in [0.3, 0.4) is 0 Å². The summed E-state index contributed by atoms with van der Waals surface area (Å²) in [5.41, 5.74) is 1.92. The van der Waals surface area contributed by atoms with Crippen LogP contribution in [-0.2, 0) is 9.59 Å². The number of amides is 3.